The van der Waals surface area contributed by atoms with Crippen LogP contribution in [0.4, 0.5) is 5.69 Å². The molecule has 0 aromatic heterocycles. The number of ether oxygens (including phenoxy) is 1. The Kier molecular flexibility index (Phi) is 6.27. The number of nitrogens with zero attached hydrogens (tertiary/aromatic N) is 1. The average molecular weight is 340 g/mol. The van der Waals surface area contributed by atoms with Crippen molar-refractivity contribution < 1.29 is 9.53 Å². The molecule has 0 aliphatic carbocycles. The Bertz CT molecular complexity index is 528. The molecule has 23 heavy (non-hydrogen) atoms. The van der Waals surface area contributed by atoms with Crippen LogP contribution in [-0.2, 0) is 9.53 Å². The number of nitrogens with one attached hydrogen (secondary N) is 2. The van der Waals surface area contributed by atoms with Gasteiger partial charge in [-0.25, -0.2) is 0 Å². The lowest BCUT2D eigenvalue weighted by Crippen LogP contribution is -2.57. The van der Waals surface area contributed by atoms with Gasteiger partial charge in [-0.3, -0.25) is 20.5 Å². The molecular formula is C17H26ClN3O2. The molecule has 0 saturated carbocycles. The average Bonchev–Trinajstić information content (AvgIpc) is 2.44. The number of hydrazine groups is 1. The highest BCUT2D eigenvalue weighted by Crippen LogP contribution is 2.19. The molecule has 1 fully saturated rings. The summed E-state index contributed by atoms with van der Waals surface area (Å²) in [5.41, 5.74) is 6.51. The second kappa shape index (κ2) is 7.99. The summed E-state index contributed by atoms with van der Waals surface area (Å²) < 4.78 is 5.76. The molecule has 0 spiro atoms. The van der Waals surface area contributed by atoms with E-state index in [0.29, 0.717) is 5.02 Å². The van der Waals surface area contributed by atoms with Crippen molar-refractivity contribution in [3.8, 4) is 0 Å². The van der Waals surface area contributed by atoms with Gasteiger partial charge in [0.2, 0.25) is 0 Å². The highest BCUT2D eigenvalue weighted by Gasteiger charge is 2.34. The van der Waals surface area contributed by atoms with Gasteiger partial charge in [0.15, 0.2) is 0 Å². The minimum Gasteiger partial charge on any atom is -0.373 e. The number of halogens is 1. The fraction of sp³-hybridized carbons (Fsp3) is 0.588. The van der Waals surface area contributed by atoms with Crippen molar-refractivity contribution in [3.05, 3.63) is 29.3 Å². The lowest BCUT2D eigenvalue weighted by molar-refractivity contribution is -0.134. The van der Waals surface area contributed by atoms with Gasteiger partial charge in [0.1, 0.15) is 0 Å². The van der Waals surface area contributed by atoms with Crippen LogP contribution in [0, 0.1) is 5.92 Å². The maximum absolute atomic E-state index is 12.7. The van der Waals surface area contributed by atoms with E-state index in [1.807, 2.05) is 26.0 Å². The van der Waals surface area contributed by atoms with Crippen LogP contribution in [0.3, 0.4) is 0 Å². The van der Waals surface area contributed by atoms with Gasteiger partial charge in [-0.05, 0) is 38.0 Å². The molecule has 1 saturated heterocycles. The van der Waals surface area contributed by atoms with E-state index in [-0.39, 0.29) is 30.1 Å². The maximum Gasteiger partial charge on any atom is 0.255 e. The maximum atomic E-state index is 12.7. The molecule has 1 aromatic carbocycles. The minimum absolute atomic E-state index is 0.0405. The van der Waals surface area contributed by atoms with Crippen molar-refractivity contribution in [1.82, 2.24) is 10.3 Å². The third kappa shape index (κ3) is 5.09. The van der Waals surface area contributed by atoms with Crippen molar-refractivity contribution in [2.45, 2.75) is 45.9 Å². The van der Waals surface area contributed by atoms with Crippen molar-refractivity contribution in [2.75, 3.05) is 18.5 Å². The van der Waals surface area contributed by atoms with Crippen molar-refractivity contribution >= 4 is 23.2 Å². The van der Waals surface area contributed by atoms with E-state index in [2.05, 4.69) is 29.6 Å². The van der Waals surface area contributed by atoms with Gasteiger partial charge in [-0.2, -0.15) is 0 Å². The van der Waals surface area contributed by atoms with E-state index in [1.165, 1.54) is 0 Å². The van der Waals surface area contributed by atoms with Gasteiger partial charge in [-0.15, -0.1) is 0 Å². The Hall–Kier alpha value is -1.30. The molecule has 2 N–H and O–H groups in total. The van der Waals surface area contributed by atoms with E-state index in [4.69, 9.17) is 16.3 Å². The molecule has 2 rings (SSSR count). The molecule has 1 heterocycles. The summed E-state index contributed by atoms with van der Waals surface area (Å²) in [6.45, 7) is 9.74. The Balaban J connectivity index is 2.01. The standard InChI is InChI=1S/C17H26ClN3O2/c1-11(2)16(21-9-12(3)23-13(4)10-21)17(22)20-19-15-7-5-6-14(18)8-15/h5-8,11-13,16,19H,9-10H2,1-4H3,(H,20,22)/t12-,13+,16-/m0/s1. The van der Waals surface area contributed by atoms with Gasteiger partial charge >= 0.3 is 0 Å². The molecule has 1 aliphatic rings. The van der Waals surface area contributed by atoms with Crippen LogP contribution in [0.25, 0.3) is 0 Å². The number of anilines is 1. The predicted molar refractivity (Wildman–Crippen MR) is 93.4 cm³/mol. The second-order valence-corrected chi connectivity index (χ2v) is 6.96. The van der Waals surface area contributed by atoms with Gasteiger partial charge in [0.05, 0.1) is 23.9 Å². The van der Waals surface area contributed by atoms with Gasteiger partial charge in [0.25, 0.3) is 5.91 Å². The first-order valence-corrected chi connectivity index (χ1v) is 8.45. The van der Waals surface area contributed by atoms with Crippen molar-refractivity contribution in [3.63, 3.8) is 0 Å². The van der Waals surface area contributed by atoms with Crippen LogP contribution >= 0.6 is 11.6 Å². The summed E-state index contributed by atoms with van der Waals surface area (Å²) >= 11 is 5.95. The third-order valence-corrected chi connectivity index (χ3v) is 4.13. The quantitative estimate of drug-likeness (QED) is 0.810. The Morgan fingerprint density at radius 1 is 1.30 bits per heavy atom. The summed E-state index contributed by atoms with van der Waals surface area (Å²) in [6, 6.07) is 7.06. The zero-order valence-corrected chi connectivity index (χ0v) is 14.9. The molecule has 0 radical (unpaired) electrons. The smallest absolute Gasteiger partial charge is 0.255 e. The minimum atomic E-state index is -0.199. The Morgan fingerprint density at radius 2 is 1.96 bits per heavy atom. The van der Waals surface area contributed by atoms with E-state index in [9.17, 15) is 4.79 Å². The Morgan fingerprint density at radius 3 is 2.52 bits per heavy atom. The molecule has 3 atom stereocenters. The van der Waals surface area contributed by atoms with Crippen molar-refractivity contribution in [2.24, 2.45) is 5.92 Å². The zero-order chi connectivity index (χ0) is 17.0. The number of hydrogen-bond acceptors (Lipinski definition) is 4. The summed E-state index contributed by atoms with van der Waals surface area (Å²) in [4.78, 5) is 14.9. The topological polar surface area (TPSA) is 53.6 Å². The molecular weight excluding hydrogens is 314 g/mol. The monoisotopic (exact) mass is 339 g/mol. The number of benzene rings is 1. The summed E-state index contributed by atoms with van der Waals surface area (Å²) in [6.07, 6.45) is 0.266. The first-order chi connectivity index (χ1) is 10.9. The summed E-state index contributed by atoms with van der Waals surface area (Å²) in [7, 11) is 0. The number of carbonyl (C=O) groups is 1. The first kappa shape index (κ1) is 18.0. The van der Waals surface area contributed by atoms with E-state index in [1.54, 1.807) is 12.1 Å². The van der Waals surface area contributed by atoms with Crippen LogP contribution in [0.5, 0.6) is 0 Å². The highest BCUT2D eigenvalue weighted by atomic mass is 35.5. The van der Waals surface area contributed by atoms with E-state index >= 15 is 0 Å². The number of rotatable bonds is 5. The van der Waals surface area contributed by atoms with Crippen LogP contribution in [0.1, 0.15) is 27.7 Å². The van der Waals surface area contributed by atoms with Crippen molar-refractivity contribution in [1.29, 1.82) is 0 Å². The molecule has 1 aliphatic heterocycles. The highest BCUT2D eigenvalue weighted by molar-refractivity contribution is 6.30. The van der Waals surface area contributed by atoms with Gasteiger partial charge in [0, 0.05) is 18.1 Å². The number of carbonyl (C=O) groups excluding carboxylic acids is 1. The fourth-order valence-corrected chi connectivity index (χ4v) is 3.30. The normalized spacial score (nSPS) is 23.6. The molecule has 1 amide bonds. The Labute approximate surface area is 143 Å². The largest absolute Gasteiger partial charge is 0.373 e. The molecule has 1 aromatic rings. The second-order valence-electron chi connectivity index (χ2n) is 6.52. The molecule has 5 nitrogen and oxygen atoms in total. The zero-order valence-electron chi connectivity index (χ0n) is 14.2. The SMILES string of the molecule is CC(C)[C@@H](C(=O)NNc1cccc(Cl)c1)N1C[C@@H](C)O[C@@H](C)C1. The van der Waals surface area contributed by atoms with Crippen LogP contribution < -0.4 is 10.9 Å². The first-order valence-electron chi connectivity index (χ1n) is 8.07. The van der Waals surface area contributed by atoms with Gasteiger partial charge < -0.3 is 4.74 Å². The van der Waals surface area contributed by atoms with Crippen LogP contribution in [0.15, 0.2) is 24.3 Å². The third-order valence-electron chi connectivity index (χ3n) is 3.90. The summed E-state index contributed by atoms with van der Waals surface area (Å²) in [5.74, 6) is 0.162. The lowest BCUT2D eigenvalue weighted by atomic mass is 10.00. The van der Waals surface area contributed by atoms with E-state index < -0.39 is 0 Å². The molecule has 0 bridgehead atoms. The number of amides is 1. The number of hydrogen-bond donors (Lipinski definition) is 2. The molecule has 0 unspecified atom stereocenters. The fourth-order valence-electron chi connectivity index (χ4n) is 3.11. The predicted octanol–water partition coefficient (Wildman–Crippen LogP) is 2.92. The molecule has 6 heteroatoms. The van der Waals surface area contributed by atoms with E-state index in [0.717, 1.165) is 18.8 Å². The van der Waals surface area contributed by atoms with Crippen LogP contribution in [0.2, 0.25) is 5.02 Å². The summed E-state index contributed by atoms with van der Waals surface area (Å²) in [5, 5.41) is 0.625. The van der Waals surface area contributed by atoms with Crippen LogP contribution in [-0.4, -0.2) is 42.1 Å². The number of morpholine rings is 1. The lowest BCUT2D eigenvalue weighted by Gasteiger charge is -2.40. The molecule has 128 valence electrons. The van der Waals surface area contributed by atoms with Gasteiger partial charge in [-0.1, -0.05) is 31.5 Å².